The van der Waals surface area contributed by atoms with E-state index in [0.717, 1.165) is 11.1 Å². The van der Waals surface area contributed by atoms with Crippen LogP contribution in [-0.2, 0) is 14.8 Å². The average molecular weight is 450 g/mol. The van der Waals surface area contributed by atoms with Crippen LogP contribution >= 0.6 is 11.3 Å². The number of aryl methyl sites for hydroxylation is 2. The molecule has 1 aromatic heterocycles. The third-order valence-electron chi connectivity index (χ3n) is 5.74. The molecule has 1 amide bonds. The summed E-state index contributed by atoms with van der Waals surface area (Å²) in [6.07, 6.45) is 1.09. The van der Waals surface area contributed by atoms with Gasteiger partial charge in [-0.1, -0.05) is 23.8 Å². The summed E-state index contributed by atoms with van der Waals surface area (Å²) in [6.45, 7) is 5.07. The van der Waals surface area contributed by atoms with E-state index in [2.05, 4.69) is 16.3 Å². The van der Waals surface area contributed by atoms with Gasteiger partial charge in [0.15, 0.2) is 0 Å². The van der Waals surface area contributed by atoms with Crippen LogP contribution in [0.2, 0.25) is 0 Å². The van der Waals surface area contributed by atoms with E-state index in [4.69, 9.17) is 0 Å². The number of thiophene rings is 1. The molecular weight excluding hydrogens is 418 g/mol. The zero-order chi connectivity index (χ0) is 21.9. The molecule has 1 atom stereocenters. The summed E-state index contributed by atoms with van der Waals surface area (Å²) in [5.74, 6) is -0.135. The summed E-state index contributed by atoms with van der Waals surface area (Å²) >= 11 is 1.68. The van der Waals surface area contributed by atoms with E-state index in [9.17, 15) is 13.2 Å². The highest BCUT2D eigenvalue weighted by molar-refractivity contribution is 7.89. The first-order chi connectivity index (χ1) is 14.2. The molecule has 1 aliphatic heterocycles. The Bertz CT molecular complexity index is 964. The largest absolute Gasteiger partial charge is 0.354 e. The van der Waals surface area contributed by atoms with E-state index in [-0.39, 0.29) is 17.9 Å². The molecule has 6 nitrogen and oxygen atoms in total. The second-order valence-electron chi connectivity index (χ2n) is 8.19. The van der Waals surface area contributed by atoms with Gasteiger partial charge in [0.2, 0.25) is 15.9 Å². The van der Waals surface area contributed by atoms with E-state index in [1.54, 1.807) is 17.4 Å². The van der Waals surface area contributed by atoms with Crippen LogP contribution in [0, 0.1) is 19.8 Å². The van der Waals surface area contributed by atoms with Crippen LogP contribution in [0.4, 0.5) is 0 Å². The second kappa shape index (κ2) is 9.60. The Balaban J connectivity index is 1.57. The summed E-state index contributed by atoms with van der Waals surface area (Å²) in [4.78, 5) is 16.4. The van der Waals surface area contributed by atoms with E-state index in [0.29, 0.717) is 37.4 Å². The minimum absolute atomic E-state index is 0.0157. The Labute approximate surface area is 183 Å². The van der Waals surface area contributed by atoms with Gasteiger partial charge in [0.1, 0.15) is 0 Å². The lowest BCUT2D eigenvalue weighted by Gasteiger charge is -2.31. The fourth-order valence-corrected chi connectivity index (χ4v) is 6.54. The Morgan fingerprint density at radius 3 is 2.50 bits per heavy atom. The summed E-state index contributed by atoms with van der Waals surface area (Å²) in [5.41, 5.74) is 1.80. The number of likely N-dealkylation sites (N-methyl/N-ethyl adjacent to an activating group) is 1. The zero-order valence-electron chi connectivity index (χ0n) is 18.1. The van der Waals surface area contributed by atoms with Crippen molar-refractivity contribution in [3.05, 3.63) is 51.7 Å². The predicted molar refractivity (Wildman–Crippen MR) is 121 cm³/mol. The predicted octanol–water partition coefficient (Wildman–Crippen LogP) is 3.18. The first kappa shape index (κ1) is 22.9. The van der Waals surface area contributed by atoms with Crippen LogP contribution in [-0.4, -0.2) is 57.3 Å². The third kappa shape index (κ3) is 5.11. The molecular formula is C22H31N3O3S2. The van der Waals surface area contributed by atoms with Crippen LogP contribution in [0.5, 0.6) is 0 Å². The van der Waals surface area contributed by atoms with Gasteiger partial charge in [0.25, 0.3) is 0 Å². The number of benzene rings is 1. The monoisotopic (exact) mass is 449 g/mol. The van der Waals surface area contributed by atoms with Crippen LogP contribution in [0.3, 0.4) is 0 Å². The fraction of sp³-hybridized carbons (Fsp3) is 0.500. The van der Waals surface area contributed by atoms with Crippen molar-refractivity contribution in [3.8, 4) is 0 Å². The van der Waals surface area contributed by atoms with Gasteiger partial charge in [-0.15, -0.1) is 11.3 Å². The molecule has 30 heavy (non-hydrogen) atoms. The topological polar surface area (TPSA) is 69.7 Å². The lowest BCUT2D eigenvalue weighted by atomic mass is 9.97. The van der Waals surface area contributed by atoms with Crippen molar-refractivity contribution in [1.82, 2.24) is 14.5 Å². The Morgan fingerprint density at radius 2 is 1.93 bits per heavy atom. The standard InChI is InChI=1S/C22H31N3O3S2/c1-16-7-8-21(17(2)14-16)30(27,28)25-11-9-18(10-12-25)22(26)23-15-19(24(3)4)20-6-5-13-29-20/h5-8,13-14,18-19H,9-12,15H2,1-4H3,(H,23,26)/t19-/m1/s1. The number of hydrogen-bond donors (Lipinski definition) is 1. The average Bonchev–Trinajstić information content (AvgIpc) is 3.22. The number of sulfonamides is 1. The van der Waals surface area contributed by atoms with Crippen molar-refractivity contribution >= 4 is 27.3 Å². The highest BCUT2D eigenvalue weighted by Gasteiger charge is 2.33. The number of rotatable bonds is 7. The van der Waals surface area contributed by atoms with Gasteiger partial charge in [-0.05, 0) is 63.9 Å². The van der Waals surface area contributed by atoms with Gasteiger partial charge in [-0.2, -0.15) is 4.31 Å². The van der Waals surface area contributed by atoms with E-state index in [1.807, 2.05) is 51.5 Å². The molecule has 1 N–H and O–H groups in total. The van der Waals surface area contributed by atoms with Crippen molar-refractivity contribution < 1.29 is 13.2 Å². The van der Waals surface area contributed by atoms with Crippen LogP contribution in [0.1, 0.15) is 34.9 Å². The Morgan fingerprint density at radius 1 is 1.23 bits per heavy atom. The maximum Gasteiger partial charge on any atom is 0.243 e. The highest BCUT2D eigenvalue weighted by atomic mass is 32.2. The molecule has 1 aliphatic rings. The Hall–Kier alpha value is -1.74. The van der Waals surface area contributed by atoms with Gasteiger partial charge >= 0.3 is 0 Å². The molecule has 3 rings (SSSR count). The number of piperidine rings is 1. The normalized spacial score (nSPS) is 17.2. The lowest BCUT2D eigenvalue weighted by molar-refractivity contribution is -0.126. The molecule has 1 fully saturated rings. The van der Waals surface area contributed by atoms with Gasteiger partial charge in [0.05, 0.1) is 10.9 Å². The molecule has 0 aliphatic carbocycles. The summed E-state index contributed by atoms with van der Waals surface area (Å²) in [6, 6.07) is 9.64. The number of carbonyl (C=O) groups is 1. The van der Waals surface area contributed by atoms with Gasteiger partial charge in [-0.25, -0.2) is 8.42 Å². The lowest BCUT2D eigenvalue weighted by Crippen LogP contribution is -2.44. The molecule has 0 spiro atoms. The summed E-state index contributed by atoms with van der Waals surface area (Å²) in [5, 5.41) is 5.12. The zero-order valence-corrected chi connectivity index (χ0v) is 19.7. The Kier molecular flexibility index (Phi) is 7.34. The van der Waals surface area contributed by atoms with Crippen LogP contribution < -0.4 is 5.32 Å². The molecule has 2 aromatic rings. The molecule has 0 radical (unpaired) electrons. The molecule has 1 aromatic carbocycles. The van der Waals surface area contributed by atoms with Gasteiger partial charge in [0, 0.05) is 30.4 Å². The van der Waals surface area contributed by atoms with E-state index >= 15 is 0 Å². The minimum atomic E-state index is -3.53. The maximum atomic E-state index is 13.0. The number of nitrogens with zero attached hydrogens (tertiary/aromatic N) is 2. The molecule has 0 unspecified atom stereocenters. The minimum Gasteiger partial charge on any atom is -0.354 e. The van der Waals surface area contributed by atoms with Crippen molar-refractivity contribution in [1.29, 1.82) is 0 Å². The van der Waals surface area contributed by atoms with E-state index in [1.165, 1.54) is 9.18 Å². The van der Waals surface area contributed by atoms with Gasteiger partial charge in [-0.3, -0.25) is 4.79 Å². The van der Waals surface area contributed by atoms with Crippen LogP contribution in [0.25, 0.3) is 0 Å². The molecule has 1 saturated heterocycles. The molecule has 2 heterocycles. The quantitative estimate of drug-likeness (QED) is 0.705. The number of nitrogens with one attached hydrogen (secondary N) is 1. The number of hydrogen-bond acceptors (Lipinski definition) is 5. The first-order valence-corrected chi connectivity index (χ1v) is 12.6. The molecule has 164 valence electrons. The van der Waals surface area contributed by atoms with E-state index < -0.39 is 10.0 Å². The molecule has 0 bridgehead atoms. The smallest absolute Gasteiger partial charge is 0.243 e. The van der Waals surface area contributed by atoms with Crippen LogP contribution in [0.15, 0.2) is 40.6 Å². The second-order valence-corrected chi connectivity index (χ2v) is 11.1. The molecule has 8 heteroatoms. The SMILES string of the molecule is Cc1ccc(S(=O)(=O)N2CCC(C(=O)NC[C@H](c3cccs3)N(C)C)CC2)c(C)c1. The summed E-state index contributed by atoms with van der Waals surface area (Å²) in [7, 11) is 0.485. The highest BCUT2D eigenvalue weighted by Crippen LogP contribution is 2.27. The first-order valence-electron chi connectivity index (χ1n) is 10.2. The molecule has 0 saturated carbocycles. The summed E-state index contributed by atoms with van der Waals surface area (Å²) < 4.78 is 27.6. The van der Waals surface area contributed by atoms with Crippen molar-refractivity contribution in [2.75, 3.05) is 33.7 Å². The van der Waals surface area contributed by atoms with Crippen molar-refractivity contribution in [2.24, 2.45) is 5.92 Å². The van der Waals surface area contributed by atoms with Crippen molar-refractivity contribution in [2.45, 2.75) is 37.6 Å². The third-order valence-corrected chi connectivity index (χ3v) is 8.77. The van der Waals surface area contributed by atoms with Crippen molar-refractivity contribution in [3.63, 3.8) is 0 Å². The van der Waals surface area contributed by atoms with Gasteiger partial charge < -0.3 is 10.2 Å². The maximum absolute atomic E-state index is 13.0. The number of carbonyl (C=O) groups excluding carboxylic acids is 1. The number of amides is 1. The fourth-order valence-electron chi connectivity index (χ4n) is 3.95.